The Morgan fingerprint density at radius 2 is 1.92 bits per heavy atom. The lowest BCUT2D eigenvalue weighted by Gasteiger charge is -2.38. The minimum Gasteiger partial charge on any atom is -0.356 e. The summed E-state index contributed by atoms with van der Waals surface area (Å²) in [5.74, 6) is -1.20. The summed E-state index contributed by atoms with van der Waals surface area (Å²) in [4.78, 5) is 20.2. The summed E-state index contributed by atoms with van der Waals surface area (Å²) in [6.45, 7) is 0.917. The Morgan fingerprint density at radius 3 is 2.56 bits per heavy atom. The first-order valence-electron chi connectivity index (χ1n) is 11.7. The number of hydrogen-bond donors (Lipinski definition) is 2. The Bertz CT molecular complexity index is 1120. The molecule has 2 aliphatic heterocycles. The zero-order valence-electron chi connectivity index (χ0n) is 19.8. The van der Waals surface area contributed by atoms with E-state index in [0.29, 0.717) is 11.3 Å². The van der Waals surface area contributed by atoms with Crippen LogP contribution in [0.25, 0.3) is 0 Å². The van der Waals surface area contributed by atoms with Gasteiger partial charge in [0.15, 0.2) is 0 Å². The normalized spacial score (nSPS) is 23.9. The largest absolute Gasteiger partial charge is 0.414 e. The van der Waals surface area contributed by atoms with E-state index < -0.39 is 35.5 Å². The van der Waals surface area contributed by atoms with Crippen molar-refractivity contribution in [3.05, 3.63) is 77.8 Å². The molecule has 10 heteroatoms. The van der Waals surface area contributed by atoms with Gasteiger partial charge in [-0.1, -0.05) is 30.3 Å². The van der Waals surface area contributed by atoms with Crippen LogP contribution in [0.4, 0.5) is 23.2 Å². The van der Waals surface area contributed by atoms with Gasteiger partial charge in [0.2, 0.25) is 5.60 Å². The van der Waals surface area contributed by atoms with Crippen LogP contribution in [0.1, 0.15) is 24.8 Å². The quantitative estimate of drug-likeness (QED) is 0.539. The predicted molar refractivity (Wildman–Crippen MR) is 129 cm³/mol. The fourth-order valence-electron chi connectivity index (χ4n) is 4.35. The van der Waals surface area contributed by atoms with Crippen LogP contribution >= 0.6 is 0 Å². The van der Waals surface area contributed by atoms with E-state index in [4.69, 9.17) is 4.74 Å². The number of nitrogens with zero attached hydrogens (tertiary/aromatic N) is 2. The zero-order chi connectivity index (χ0) is 25.8. The summed E-state index contributed by atoms with van der Waals surface area (Å²) in [5, 5.41) is 5.30. The third-order valence-corrected chi connectivity index (χ3v) is 6.49. The van der Waals surface area contributed by atoms with Crippen molar-refractivity contribution in [3.8, 4) is 0 Å². The number of likely N-dealkylation sites (tertiary alicyclic amines) is 1. The van der Waals surface area contributed by atoms with E-state index in [0.717, 1.165) is 25.6 Å². The number of ether oxygens (including phenoxy) is 1. The number of nitrogens with one attached hydrogen (secondary N) is 2. The lowest BCUT2D eigenvalue weighted by molar-refractivity contribution is -0.138. The van der Waals surface area contributed by atoms with E-state index in [-0.39, 0.29) is 25.0 Å². The van der Waals surface area contributed by atoms with Crippen LogP contribution in [0.2, 0.25) is 0 Å². The second kappa shape index (κ2) is 10.8. The van der Waals surface area contributed by atoms with Crippen LogP contribution in [-0.2, 0) is 16.1 Å². The van der Waals surface area contributed by atoms with Crippen molar-refractivity contribution < 1.29 is 27.1 Å². The molecule has 0 radical (unpaired) electrons. The van der Waals surface area contributed by atoms with Crippen LogP contribution in [-0.4, -0.2) is 54.7 Å². The maximum Gasteiger partial charge on any atom is 0.414 e. The number of anilines is 1. The van der Waals surface area contributed by atoms with Crippen LogP contribution in [0.5, 0.6) is 0 Å². The molecule has 6 nitrogen and oxygen atoms in total. The molecule has 2 aliphatic rings. The number of carbonyl (C=O) groups is 1. The van der Waals surface area contributed by atoms with Gasteiger partial charge < -0.3 is 20.3 Å². The number of benzene rings is 2. The lowest BCUT2D eigenvalue weighted by atomic mass is 9.88. The minimum absolute atomic E-state index is 0.0187. The van der Waals surface area contributed by atoms with Crippen molar-refractivity contribution in [3.63, 3.8) is 0 Å². The Labute approximate surface area is 207 Å². The first-order valence-corrected chi connectivity index (χ1v) is 11.7. The standard InChI is InChI=1S/C26H28F4N4O2/c1-34-13-5-8-22(34)17-36-25(24(35)33-21-6-3-2-4-7-21)14-19(26(28,29)30)16-32-23(25)31-15-18-9-11-20(27)12-10-18/h2-4,6-7,9-12,16,22H,5,8,13-15,17H2,1H3,(H,31,32)(H,33,35)/t22-,25?/m1/s1. The molecule has 0 bridgehead atoms. The van der Waals surface area contributed by atoms with E-state index in [1.165, 1.54) is 24.3 Å². The van der Waals surface area contributed by atoms with Gasteiger partial charge in [-0.25, -0.2) is 4.39 Å². The van der Waals surface area contributed by atoms with Crippen LogP contribution in [0, 0.1) is 5.82 Å². The monoisotopic (exact) mass is 504 g/mol. The number of rotatable bonds is 7. The van der Waals surface area contributed by atoms with E-state index in [1.54, 1.807) is 30.3 Å². The molecule has 2 aromatic carbocycles. The molecule has 0 saturated carbocycles. The van der Waals surface area contributed by atoms with E-state index in [9.17, 15) is 22.4 Å². The number of para-hydroxylation sites is 1. The molecule has 2 aromatic rings. The molecule has 1 fully saturated rings. The molecular formula is C26H28F4N4O2. The Kier molecular flexibility index (Phi) is 7.75. The Morgan fingerprint density at radius 1 is 1.19 bits per heavy atom. The first kappa shape index (κ1) is 25.8. The first-order chi connectivity index (χ1) is 17.2. The van der Waals surface area contributed by atoms with Crippen molar-refractivity contribution in [1.29, 1.82) is 0 Å². The molecule has 2 atom stereocenters. The summed E-state index contributed by atoms with van der Waals surface area (Å²) in [7, 11) is 1.92. The van der Waals surface area contributed by atoms with Crippen molar-refractivity contribution in [2.45, 2.75) is 43.6 Å². The zero-order valence-corrected chi connectivity index (χ0v) is 19.8. The number of amidine groups is 1. The molecule has 36 heavy (non-hydrogen) atoms. The highest BCUT2D eigenvalue weighted by atomic mass is 19.4. The molecule has 0 aliphatic carbocycles. The lowest BCUT2D eigenvalue weighted by Crippen LogP contribution is -2.60. The molecule has 2 heterocycles. The fraction of sp³-hybridized carbons (Fsp3) is 0.385. The number of hydrogen-bond acceptors (Lipinski definition) is 4. The molecule has 2 N–H and O–H groups in total. The highest BCUT2D eigenvalue weighted by molar-refractivity contribution is 6.16. The van der Waals surface area contributed by atoms with Gasteiger partial charge in [-0.3, -0.25) is 9.79 Å². The summed E-state index contributed by atoms with van der Waals surface area (Å²) in [6, 6.07) is 14.0. The Hall–Kier alpha value is -3.24. The topological polar surface area (TPSA) is 66.0 Å². The molecule has 0 aromatic heterocycles. The molecule has 192 valence electrons. The van der Waals surface area contributed by atoms with E-state index >= 15 is 0 Å². The maximum absolute atomic E-state index is 13.8. The number of amides is 1. The minimum atomic E-state index is -4.67. The van der Waals surface area contributed by atoms with Gasteiger partial charge in [0.1, 0.15) is 11.7 Å². The summed E-state index contributed by atoms with van der Waals surface area (Å²) < 4.78 is 60.9. The van der Waals surface area contributed by atoms with Gasteiger partial charge in [-0.15, -0.1) is 0 Å². The second-order valence-corrected chi connectivity index (χ2v) is 9.01. The van der Waals surface area contributed by atoms with E-state index in [1.807, 2.05) is 7.05 Å². The number of alkyl halides is 3. The van der Waals surface area contributed by atoms with Gasteiger partial charge in [0.25, 0.3) is 5.91 Å². The van der Waals surface area contributed by atoms with Crippen LogP contribution in [0.3, 0.4) is 0 Å². The second-order valence-electron chi connectivity index (χ2n) is 9.01. The number of halogens is 4. The van der Waals surface area contributed by atoms with Gasteiger partial charge in [-0.05, 0) is 56.3 Å². The maximum atomic E-state index is 13.8. The number of likely N-dealkylation sites (N-methyl/N-ethyl adjacent to an activating group) is 1. The molecule has 4 rings (SSSR count). The molecule has 1 amide bonds. The molecule has 0 spiro atoms. The highest BCUT2D eigenvalue weighted by Crippen LogP contribution is 2.37. The number of carbonyl (C=O) groups excluding carboxylic acids is 1. The third kappa shape index (κ3) is 5.93. The van der Waals surface area contributed by atoms with Gasteiger partial charge in [0, 0.05) is 24.4 Å². The number of aliphatic imine (C=N–C) groups is 1. The molecule has 1 unspecified atom stereocenters. The smallest absolute Gasteiger partial charge is 0.356 e. The van der Waals surface area contributed by atoms with Crippen molar-refractivity contribution in [2.24, 2.45) is 4.99 Å². The Balaban J connectivity index is 1.72. The molecular weight excluding hydrogens is 476 g/mol. The summed E-state index contributed by atoms with van der Waals surface area (Å²) in [5.41, 5.74) is -1.92. The SMILES string of the molecule is CN1CCC[C@@H]1COC1(C(=O)Nc2ccccc2)CC(C(F)(F)F)=CNC1=NCc1ccc(F)cc1. The average Bonchev–Trinajstić information content (AvgIpc) is 3.27. The summed E-state index contributed by atoms with van der Waals surface area (Å²) in [6.07, 6.45) is -2.83. The van der Waals surface area contributed by atoms with Crippen LogP contribution in [0.15, 0.2) is 71.4 Å². The van der Waals surface area contributed by atoms with Gasteiger partial charge in [0.05, 0.1) is 18.7 Å². The average molecular weight is 505 g/mol. The van der Waals surface area contributed by atoms with Crippen LogP contribution < -0.4 is 10.6 Å². The van der Waals surface area contributed by atoms with Crippen molar-refractivity contribution in [1.82, 2.24) is 10.2 Å². The predicted octanol–water partition coefficient (Wildman–Crippen LogP) is 4.65. The third-order valence-electron chi connectivity index (χ3n) is 6.49. The van der Waals surface area contributed by atoms with Crippen molar-refractivity contribution >= 4 is 17.4 Å². The summed E-state index contributed by atoms with van der Waals surface area (Å²) >= 11 is 0. The molecule has 1 saturated heterocycles. The fourth-order valence-corrected chi connectivity index (χ4v) is 4.35. The highest BCUT2D eigenvalue weighted by Gasteiger charge is 2.52. The van der Waals surface area contributed by atoms with E-state index in [2.05, 4.69) is 20.5 Å². The van der Waals surface area contributed by atoms with Crippen molar-refractivity contribution in [2.75, 3.05) is 25.5 Å². The van der Waals surface area contributed by atoms with Gasteiger partial charge in [-0.2, -0.15) is 13.2 Å². The van der Waals surface area contributed by atoms with Gasteiger partial charge >= 0.3 is 6.18 Å².